The predicted octanol–water partition coefficient (Wildman–Crippen LogP) is 13.4. The maximum absolute atomic E-state index is 3.63. The van der Waals surface area contributed by atoms with Crippen molar-refractivity contribution in [2.75, 3.05) is 0 Å². The Kier molecular flexibility index (Phi) is 24.8. The van der Waals surface area contributed by atoms with Crippen LogP contribution in [0.15, 0.2) is 209 Å². The first kappa shape index (κ1) is 39.3. The van der Waals surface area contributed by atoms with Gasteiger partial charge in [-0.1, -0.05) is 240 Å². The zero-order chi connectivity index (χ0) is 33.4. The molecule has 5 rings (SSSR count). The number of benzene rings is 5. The van der Waals surface area contributed by atoms with Crippen molar-refractivity contribution in [3.63, 3.8) is 0 Å². The van der Waals surface area contributed by atoms with Crippen LogP contribution < -0.4 is 0 Å². The minimum Gasteiger partial charge on any atom is -0.0988 e. The Morgan fingerprint density at radius 3 is 0.533 bits per heavy atom. The molecule has 0 radical (unpaired) electrons. The molecule has 0 heteroatoms. The Balaban J connectivity index is 0.000000520. The molecule has 0 aliphatic rings. The lowest BCUT2D eigenvalue weighted by atomic mass is 10.2. The first-order chi connectivity index (χ1) is 21.9. The molecule has 0 spiro atoms. The Morgan fingerprint density at radius 2 is 0.467 bits per heavy atom. The Morgan fingerprint density at radius 1 is 0.333 bits per heavy atom. The molecule has 0 aromatic heterocycles. The normalized spacial score (nSPS) is 8.29. The van der Waals surface area contributed by atoms with Crippen LogP contribution in [0.3, 0.4) is 0 Å². The monoisotopic (exact) mass is 588 g/mol. The van der Waals surface area contributed by atoms with Gasteiger partial charge in [-0.25, -0.2) is 0 Å². The van der Waals surface area contributed by atoms with Crippen LogP contribution in [0.2, 0.25) is 0 Å². The van der Waals surface area contributed by atoms with Gasteiger partial charge in [-0.05, 0) is 34.7 Å². The van der Waals surface area contributed by atoms with Crippen LogP contribution in [0.1, 0.15) is 34.7 Å². The summed E-state index contributed by atoms with van der Waals surface area (Å²) in [5, 5.41) is 0. The average molecular weight is 589 g/mol. The van der Waals surface area contributed by atoms with Crippen molar-refractivity contribution in [1.82, 2.24) is 0 Å². The minimum absolute atomic E-state index is 1.02. The van der Waals surface area contributed by atoms with Crippen LogP contribution in [0.5, 0.6) is 0 Å². The van der Waals surface area contributed by atoms with Gasteiger partial charge in [0.2, 0.25) is 0 Å². The van der Waals surface area contributed by atoms with Gasteiger partial charge in [0.15, 0.2) is 0 Å². The molecule has 5 aromatic rings. The maximum atomic E-state index is 3.63. The van der Waals surface area contributed by atoms with Crippen LogP contribution in [0.4, 0.5) is 0 Å². The molecule has 0 aliphatic carbocycles. The van der Waals surface area contributed by atoms with E-state index in [1.165, 1.54) is 27.8 Å². The lowest BCUT2D eigenvalue weighted by molar-refractivity contribution is 1.58. The van der Waals surface area contributed by atoms with E-state index in [1.54, 1.807) is 6.08 Å². The van der Waals surface area contributed by atoms with Gasteiger partial charge < -0.3 is 0 Å². The van der Waals surface area contributed by atoms with Crippen LogP contribution in [0.25, 0.3) is 30.4 Å². The van der Waals surface area contributed by atoms with Crippen molar-refractivity contribution in [2.24, 2.45) is 0 Å². The molecule has 0 saturated carbocycles. The molecule has 0 nitrogen and oxygen atoms in total. The maximum Gasteiger partial charge on any atom is -0.0263 e. The highest BCUT2D eigenvalue weighted by Crippen LogP contribution is 2.00. The topological polar surface area (TPSA) is 0 Å². The number of allylic oxidation sites excluding steroid dienone is 2. The first-order valence-corrected chi connectivity index (χ1v) is 14.6. The van der Waals surface area contributed by atoms with E-state index in [1.807, 2.05) is 189 Å². The van der Waals surface area contributed by atoms with Gasteiger partial charge in [-0.2, -0.15) is 0 Å². The smallest absolute Gasteiger partial charge is 0.0263 e. The second-order valence-corrected chi connectivity index (χ2v) is 9.12. The van der Waals surface area contributed by atoms with Gasteiger partial charge in [0, 0.05) is 0 Å². The van der Waals surface area contributed by atoms with E-state index in [4.69, 9.17) is 0 Å². The molecule has 0 bridgehead atoms. The van der Waals surface area contributed by atoms with E-state index in [0.717, 1.165) is 5.57 Å². The molecule has 0 unspecified atom stereocenters. The van der Waals surface area contributed by atoms with Crippen LogP contribution in [0, 0.1) is 0 Å². The van der Waals surface area contributed by atoms with Gasteiger partial charge in [-0.15, -0.1) is 0 Å². The number of rotatable bonds is 6. The van der Waals surface area contributed by atoms with Gasteiger partial charge in [0.25, 0.3) is 0 Å². The third kappa shape index (κ3) is 23.5. The number of hydrogen-bond donors (Lipinski definition) is 0. The van der Waals surface area contributed by atoms with Crippen molar-refractivity contribution in [3.8, 4) is 0 Å². The van der Waals surface area contributed by atoms with Gasteiger partial charge in [0.05, 0.1) is 0 Å². The highest BCUT2D eigenvalue weighted by Gasteiger charge is 1.78. The molecule has 228 valence electrons. The third-order valence-corrected chi connectivity index (χ3v) is 5.52. The third-order valence-electron chi connectivity index (χ3n) is 5.52. The van der Waals surface area contributed by atoms with Crippen molar-refractivity contribution < 1.29 is 0 Å². The van der Waals surface area contributed by atoms with Crippen molar-refractivity contribution >= 4 is 30.4 Å². The highest BCUT2D eigenvalue weighted by molar-refractivity contribution is 5.48. The van der Waals surface area contributed by atoms with E-state index in [0.29, 0.717) is 0 Å². The van der Waals surface area contributed by atoms with E-state index >= 15 is 0 Å². The summed E-state index contributed by atoms with van der Waals surface area (Å²) >= 11 is 0. The number of hydrogen-bond acceptors (Lipinski definition) is 0. The summed E-state index contributed by atoms with van der Waals surface area (Å²) in [6, 6.07) is 50.1. The fraction of sp³-hybridized carbons (Fsp3) is 0.0222. The molecule has 5 aromatic carbocycles. The van der Waals surface area contributed by atoms with Crippen LogP contribution >= 0.6 is 0 Å². The molecule has 0 atom stereocenters. The van der Waals surface area contributed by atoms with Gasteiger partial charge >= 0.3 is 0 Å². The second-order valence-electron chi connectivity index (χ2n) is 9.12. The summed E-state index contributed by atoms with van der Waals surface area (Å²) < 4.78 is 0. The largest absolute Gasteiger partial charge is 0.0988 e. The average Bonchev–Trinajstić information content (AvgIpc) is 3.14. The highest BCUT2D eigenvalue weighted by atomic mass is 13.8. The van der Waals surface area contributed by atoms with E-state index in [2.05, 4.69) is 46.1 Å². The fourth-order valence-electron chi connectivity index (χ4n) is 2.95. The van der Waals surface area contributed by atoms with E-state index < -0.39 is 0 Å². The van der Waals surface area contributed by atoms with E-state index in [-0.39, 0.29) is 0 Å². The molecule has 0 saturated heterocycles. The molecule has 0 fully saturated rings. The summed E-state index contributed by atoms with van der Waals surface area (Å²) in [5.41, 5.74) is 6.89. The van der Waals surface area contributed by atoms with Crippen LogP contribution in [-0.4, -0.2) is 0 Å². The minimum atomic E-state index is 1.02. The summed E-state index contributed by atoms with van der Waals surface area (Å²) in [4.78, 5) is 0. The Hall–Kier alpha value is -5.72. The van der Waals surface area contributed by atoms with Gasteiger partial charge in [0.1, 0.15) is 0 Å². The standard InChI is InChI=1S/5C8H8.C5H8/c5*1-2-8-6-4-3-5-7-8;1-4-5(2)3/h5*2-7H,1H2;4H,1-2H2,3H3. The summed E-state index contributed by atoms with van der Waals surface area (Å²) in [6.07, 6.45) is 10.9. The molecule has 0 heterocycles. The fourth-order valence-corrected chi connectivity index (χ4v) is 2.95. The molecular formula is C45H48. The molecular weight excluding hydrogens is 540 g/mol. The molecule has 0 N–H and O–H groups in total. The van der Waals surface area contributed by atoms with Crippen molar-refractivity contribution in [3.05, 3.63) is 237 Å². The van der Waals surface area contributed by atoms with Crippen molar-refractivity contribution in [1.29, 1.82) is 0 Å². The second kappa shape index (κ2) is 28.4. The summed E-state index contributed by atoms with van der Waals surface area (Å²) in [5.74, 6) is 0. The first-order valence-electron chi connectivity index (χ1n) is 14.6. The lowest BCUT2D eigenvalue weighted by Crippen LogP contribution is -1.63. The Bertz CT molecular complexity index is 1210. The molecule has 0 amide bonds. The summed E-state index contributed by atoms with van der Waals surface area (Å²) in [7, 11) is 0. The van der Waals surface area contributed by atoms with Gasteiger partial charge in [-0.3, -0.25) is 0 Å². The Labute approximate surface area is 273 Å². The summed E-state index contributed by atoms with van der Waals surface area (Å²) in [6.45, 7) is 27.1. The van der Waals surface area contributed by atoms with E-state index in [9.17, 15) is 0 Å². The zero-order valence-corrected chi connectivity index (χ0v) is 26.8. The van der Waals surface area contributed by atoms with Crippen LogP contribution in [-0.2, 0) is 0 Å². The quantitative estimate of drug-likeness (QED) is 0.173. The predicted molar refractivity (Wildman–Crippen MR) is 208 cm³/mol. The van der Waals surface area contributed by atoms with Crippen molar-refractivity contribution in [2.45, 2.75) is 6.92 Å². The molecule has 45 heavy (non-hydrogen) atoms. The zero-order valence-electron chi connectivity index (χ0n) is 26.8. The lowest BCUT2D eigenvalue weighted by Gasteiger charge is -1.85. The molecule has 0 aliphatic heterocycles. The SMILES string of the molecule is C=CC(=C)C.C=Cc1ccccc1.C=Cc1ccccc1.C=Cc1ccccc1.C=Cc1ccccc1.C=Cc1ccccc1.